The number of ether oxygens (including phenoxy) is 2. The van der Waals surface area contributed by atoms with Crippen LogP contribution in [-0.4, -0.2) is 71.4 Å². The summed E-state index contributed by atoms with van der Waals surface area (Å²) in [7, 11) is -1.49. The standard InChI is InChI=1S/C19H34N4O4S.HI/c1-5-20-19(21-12-8-13-23(6-2)28(4,24)25)22-17-10-7-11-18(16-17)27-15-9-14-26-3;/h7,10-11,16H,5-6,8-9,12-15H2,1-4H3,(H2,20,21,22);1H. The number of methoxy groups -OCH3 is 1. The van der Waals surface area contributed by atoms with Crippen LogP contribution in [0.5, 0.6) is 5.75 Å². The molecule has 0 saturated carbocycles. The van der Waals surface area contributed by atoms with Crippen LogP contribution in [0.2, 0.25) is 0 Å². The fraction of sp³-hybridized carbons (Fsp3) is 0.632. The van der Waals surface area contributed by atoms with Crippen molar-refractivity contribution in [2.24, 2.45) is 4.99 Å². The number of hydrogen-bond acceptors (Lipinski definition) is 5. The van der Waals surface area contributed by atoms with Crippen LogP contribution >= 0.6 is 24.0 Å². The predicted octanol–water partition coefficient (Wildman–Crippen LogP) is 2.77. The molecular formula is C19H35IN4O4S. The van der Waals surface area contributed by atoms with Crippen molar-refractivity contribution in [1.82, 2.24) is 9.62 Å². The van der Waals surface area contributed by atoms with Gasteiger partial charge in [-0.1, -0.05) is 13.0 Å². The van der Waals surface area contributed by atoms with Crippen molar-refractivity contribution < 1.29 is 17.9 Å². The molecule has 0 bridgehead atoms. The zero-order chi connectivity index (χ0) is 20.8. The lowest BCUT2D eigenvalue weighted by atomic mass is 10.3. The Labute approximate surface area is 192 Å². The van der Waals surface area contributed by atoms with Gasteiger partial charge in [-0.3, -0.25) is 4.99 Å². The fourth-order valence-corrected chi connectivity index (χ4v) is 3.43. The van der Waals surface area contributed by atoms with E-state index in [1.807, 2.05) is 38.1 Å². The number of benzene rings is 1. The number of nitrogens with zero attached hydrogens (tertiary/aromatic N) is 2. The van der Waals surface area contributed by atoms with Crippen LogP contribution in [0.25, 0.3) is 0 Å². The number of anilines is 1. The van der Waals surface area contributed by atoms with Gasteiger partial charge in [0.05, 0.1) is 12.9 Å². The van der Waals surface area contributed by atoms with Gasteiger partial charge < -0.3 is 20.1 Å². The molecule has 0 unspecified atom stereocenters. The van der Waals surface area contributed by atoms with E-state index in [1.54, 1.807) is 7.11 Å². The third kappa shape index (κ3) is 12.2. The van der Waals surface area contributed by atoms with E-state index >= 15 is 0 Å². The third-order valence-corrected chi connectivity index (χ3v) is 5.24. The molecule has 0 amide bonds. The first-order chi connectivity index (χ1) is 13.4. The minimum absolute atomic E-state index is 0. The minimum Gasteiger partial charge on any atom is -0.493 e. The van der Waals surface area contributed by atoms with Gasteiger partial charge in [-0.05, 0) is 25.5 Å². The lowest BCUT2D eigenvalue weighted by molar-refractivity contribution is 0.172. The van der Waals surface area contributed by atoms with Crippen LogP contribution in [0.3, 0.4) is 0 Å². The number of nitrogens with one attached hydrogen (secondary N) is 2. The number of hydrogen-bond donors (Lipinski definition) is 2. The van der Waals surface area contributed by atoms with E-state index in [9.17, 15) is 8.42 Å². The Morgan fingerprint density at radius 1 is 1.21 bits per heavy atom. The van der Waals surface area contributed by atoms with Crippen LogP contribution < -0.4 is 15.4 Å². The zero-order valence-electron chi connectivity index (χ0n) is 17.8. The molecule has 1 aromatic carbocycles. The van der Waals surface area contributed by atoms with Crippen molar-refractivity contribution in [2.75, 3.05) is 58.1 Å². The molecule has 0 fully saturated rings. The van der Waals surface area contributed by atoms with E-state index in [4.69, 9.17) is 9.47 Å². The number of aliphatic imine (C=N–C) groups is 1. The second-order valence-corrected chi connectivity index (χ2v) is 8.20. The second-order valence-electron chi connectivity index (χ2n) is 6.22. The quantitative estimate of drug-likeness (QED) is 0.173. The van der Waals surface area contributed by atoms with Crippen LogP contribution in [0.1, 0.15) is 26.7 Å². The van der Waals surface area contributed by atoms with Crippen LogP contribution in [0.4, 0.5) is 5.69 Å². The maximum absolute atomic E-state index is 11.6. The zero-order valence-corrected chi connectivity index (χ0v) is 21.0. The van der Waals surface area contributed by atoms with Crippen LogP contribution in [0, 0.1) is 0 Å². The first kappa shape index (κ1) is 27.9. The van der Waals surface area contributed by atoms with Gasteiger partial charge in [0.2, 0.25) is 10.0 Å². The average Bonchev–Trinajstić information content (AvgIpc) is 2.64. The molecule has 0 radical (unpaired) electrons. The summed E-state index contributed by atoms with van der Waals surface area (Å²) >= 11 is 0. The molecule has 1 aromatic rings. The maximum Gasteiger partial charge on any atom is 0.211 e. The number of rotatable bonds is 13. The highest BCUT2D eigenvalue weighted by molar-refractivity contribution is 14.0. The molecule has 168 valence electrons. The topological polar surface area (TPSA) is 92.3 Å². The maximum atomic E-state index is 11.6. The molecule has 0 aliphatic rings. The highest BCUT2D eigenvalue weighted by atomic mass is 127. The van der Waals surface area contributed by atoms with Gasteiger partial charge >= 0.3 is 0 Å². The highest BCUT2D eigenvalue weighted by Crippen LogP contribution is 2.17. The molecule has 0 aliphatic carbocycles. The van der Waals surface area contributed by atoms with Gasteiger partial charge in [-0.25, -0.2) is 12.7 Å². The number of guanidine groups is 1. The monoisotopic (exact) mass is 542 g/mol. The molecule has 0 atom stereocenters. The Morgan fingerprint density at radius 2 is 1.97 bits per heavy atom. The molecule has 0 saturated heterocycles. The van der Waals surface area contributed by atoms with E-state index in [-0.39, 0.29) is 24.0 Å². The van der Waals surface area contributed by atoms with Crippen molar-refractivity contribution in [3.63, 3.8) is 0 Å². The molecule has 10 heteroatoms. The lowest BCUT2D eigenvalue weighted by Crippen LogP contribution is -2.32. The van der Waals surface area contributed by atoms with Crippen LogP contribution in [0.15, 0.2) is 29.3 Å². The second kappa shape index (κ2) is 15.7. The SMILES string of the molecule is CCNC(=NCCCN(CC)S(C)(=O)=O)Nc1cccc(OCCCOC)c1.I. The minimum atomic E-state index is -3.16. The molecular weight excluding hydrogens is 507 g/mol. The summed E-state index contributed by atoms with van der Waals surface area (Å²) < 4.78 is 35.4. The molecule has 0 spiro atoms. The summed E-state index contributed by atoms with van der Waals surface area (Å²) in [6.45, 7) is 7.28. The molecule has 2 N–H and O–H groups in total. The van der Waals surface area contributed by atoms with Gasteiger partial charge in [0.1, 0.15) is 5.75 Å². The molecule has 0 heterocycles. The lowest BCUT2D eigenvalue weighted by Gasteiger charge is -2.17. The summed E-state index contributed by atoms with van der Waals surface area (Å²) in [5.74, 6) is 1.44. The first-order valence-electron chi connectivity index (χ1n) is 9.63. The summed E-state index contributed by atoms with van der Waals surface area (Å²) in [6.07, 6.45) is 2.72. The van der Waals surface area contributed by atoms with Crippen molar-refractivity contribution in [3.05, 3.63) is 24.3 Å². The van der Waals surface area contributed by atoms with E-state index in [2.05, 4.69) is 15.6 Å². The Hall–Kier alpha value is -1.11. The van der Waals surface area contributed by atoms with Crippen LogP contribution in [-0.2, 0) is 14.8 Å². The normalized spacial score (nSPS) is 11.8. The molecule has 0 aromatic heterocycles. The highest BCUT2D eigenvalue weighted by Gasteiger charge is 2.13. The predicted molar refractivity (Wildman–Crippen MR) is 130 cm³/mol. The molecule has 8 nitrogen and oxygen atoms in total. The van der Waals surface area contributed by atoms with Gasteiger partial charge in [-0.2, -0.15) is 0 Å². The Bertz CT molecular complexity index is 701. The van der Waals surface area contributed by atoms with Crippen molar-refractivity contribution in [1.29, 1.82) is 0 Å². The summed E-state index contributed by atoms with van der Waals surface area (Å²) in [4.78, 5) is 4.53. The fourth-order valence-electron chi connectivity index (χ4n) is 2.50. The van der Waals surface area contributed by atoms with E-state index in [0.29, 0.717) is 45.2 Å². The molecule has 1 rings (SSSR count). The molecule has 29 heavy (non-hydrogen) atoms. The van der Waals surface area contributed by atoms with Crippen molar-refractivity contribution in [3.8, 4) is 5.75 Å². The Balaban J connectivity index is 0.00000784. The van der Waals surface area contributed by atoms with Gasteiger partial charge in [0.25, 0.3) is 0 Å². The van der Waals surface area contributed by atoms with Gasteiger partial charge in [0.15, 0.2) is 5.96 Å². The number of halogens is 1. The molecule has 0 aliphatic heterocycles. The van der Waals surface area contributed by atoms with E-state index < -0.39 is 10.0 Å². The van der Waals surface area contributed by atoms with E-state index in [0.717, 1.165) is 24.4 Å². The van der Waals surface area contributed by atoms with Gasteiger partial charge in [0, 0.05) is 58.1 Å². The van der Waals surface area contributed by atoms with Gasteiger partial charge in [-0.15, -0.1) is 24.0 Å². The third-order valence-electron chi connectivity index (χ3n) is 3.86. The van der Waals surface area contributed by atoms with E-state index in [1.165, 1.54) is 10.6 Å². The smallest absolute Gasteiger partial charge is 0.211 e. The van der Waals surface area contributed by atoms with Crippen molar-refractivity contribution in [2.45, 2.75) is 26.7 Å². The summed E-state index contributed by atoms with van der Waals surface area (Å²) in [6, 6.07) is 7.69. The Morgan fingerprint density at radius 3 is 2.59 bits per heavy atom. The largest absolute Gasteiger partial charge is 0.493 e. The first-order valence-corrected chi connectivity index (χ1v) is 11.5. The Kier molecular flexibility index (Phi) is 15.1. The summed E-state index contributed by atoms with van der Waals surface area (Å²) in [5.41, 5.74) is 0.871. The number of sulfonamides is 1. The summed E-state index contributed by atoms with van der Waals surface area (Å²) in [5, 5.41) is 6.45. The van der Waals surface area contributed by atoms with Crippen molar-refractivity contribution >= 4 is 45.6 Å². The average molecular weight is 542 g/mol.